The summed E-state index contributed by atoms with van der Waals surface area (Å²) in [5.74, 6) is 0.181. The summed E-state index contributed by atoms with van der Waals surface area (Å²) in [6, 6.07) is 17.7. The predicted molar refractivity (Wildman–Crippen MR) is 142 cm³/mol. The van der Waals surface area contributed by atoms with E-state index in [0.717, 1.165) is 24.2 Å². The van der Waals surface area contributed by atoms with Crippen LogP contribution in [-0.4, -0.2) is 52.8 Å². The number of hydrogen-bond donors (Lipinski definition) is 1. The number of Topliss-reactive ketones (excluding diaryl/α,β-unsaturated/α-hetero) is 1. The van der Waals surface area contributed by atoms with E-state index in [1.807, 2.05) is 25.1 Å². The highest BCUT2D eigenvalue weighted by Crippen LogP contribution is 2.40. The lowest BCUT2D eigenvalue weighted by molar-refractivity contribution is -0.140. The van der Waals surface area contributed by atoms with Gasteiger partial charge < -0.3 is 24.1 Å². The molecule has 0 radical (unpaired) electrons. The van der Waals surface area contributed by atoms with Crippen molar-refractivity contribution in [2.45, 2.75) is 40.3 Å². The van der Waals surface area contributed by atoms with E-state index in [4.69, 9.17) is 9.15 Å². The minimum atomic E-state index is -0.790. The zero-order valence-corrected chi connectivity index (χ0v) is 21.9. The summed E-state index contributed by atoms with van der Waals surface area (Å²) in [7, 11) is 0. The zero-order chi connectivity index (χ0) is 26.5. The predicted octanol–water partition coefficient (Wildman–Crippen LogP) is 5.24. The van der Waals surface area contributed by atoms with Crippen LogP contribution in [0, 0.1) is 13.8 Å². The molecule has 1 aliphatic rings. The van der Waals surface area contributed by atoms with Crippen molar-refractivity contribution >= 4 is 17.4 Å². The van der Waals surface area contributed by atoms with Gasteiger partial charge in [0.1, 0.15) is 35.7 Å². The Labute approximate surface area is 218 Å². The molecular weight excluding hydrogens is 468 g/mol. The number of carbonyl (C=O) groups is 2. The fourth-order valence-corrected chi connectivity index (χ4v) is 4.63. The summed E-state index contributed by atoms with van der Waals surface area (Å²) in [6.45, 7) is 11.0. The van der Waals surface area contributed by atoms with Crippen LogP contribution in [0.4, 0.5) is 0 Å². The highest BCUT2D eigenvalue weighted by atomic mass is 16.5. The van der Waals surface area contributed by atoms with Crippen LogP contribution in [0.15, 0.2) is 70.7 Å². The molecule has 1 aliphatic heterocycles. The molecule has 37 heavy (non-hydrogen) atoms. The van der Waals surface area contributed by atoms with Crippen molar-refractivity contribution in [2.75, 3.05) is 26.2 Å². The van der Waals surface area contributed by atoms with Gasteiger partial charge in [-0.25, -0.2) is 0 Å². The monoisotopic (exact) mass is 502 g/mol. The second-order valence-electron chi connectivity index (χ2n) is 9.27. The largest absolute Gasteiger partial charge is 0.507 e. The van der Waals surface area contributed by atoms with Crippen LogP contribution in [0.2, 0.25) is 0 Å². The quantitative estimate of drug-likeness (QED) is 0.232. The number of rotatable bonds is 10. The number of ketones is 1. The molecule has 3 aromatic rings. The minimum absolute atomic E-state index is 0.0346. The number of likely N-dealkylation sites (N-methyl/N-ethyl adjacent to an activating group) is 1. The van der Waals surface area contributed by atoms with E-state index in [1.54, 1.807) is 43.3 Å². The average Bonchev–Trinajstić information content (AvgIpc) is 3.44. The Hall–Kier alpha value is -3.84. The van der Waals surface area contributed by atoms with Crippen LogP contribution in [0.25, 0.3) is 5.76 Å². The van der Waals surface area contributed by atoms with Crippen molar-refractivity contribution in [2.24, 2.45) is 0 Å². The molecule has 1 fully saturated rings. The maximum absolute atomic E-state index is 13.2. The van der Waals surface area contributed by atoms with E-state index in [2.05, 4.69) is 24.8 Å². The topological polar surface area (TPSA) is 83.2 Å². The molecule has 4 rings (SSSR count). The molecule has 2 heterocycles. The molecule has 0 spiro atoms. The summed E-state index contributed by atoms with van der Waals surface area (Å²) in [5, 5.41) is 11.3. The number of furan rings is 1. The van der Waals surface area contributed by atoms with Crippen LogP contribution < -0.4 is 4.74 Å². The first-order chi connectivity index (χ1) is 17.8. The van der Waals surface area contributed by atoms with Crippen molar-refractivity contribution in [3.05, 3.63) is 94.4 Å². The second-order valence-corrected chi connectivity index (χ2v) is 9.27. The molecule has 1 atom stereocenters. The summed E-state index contributed by atoms with van der Waals surface area (Å²) >= 11 is 0. The number of aryl methyl sites for hydroxylation is 2. The molecule has 194 valence electrons. The van der Waals surface area contributed by atoms with Crippen molar-refractivity contribution in [3.63, 3.8) is 0 Å². The van der Waals surface area contributed by atoms with E-state index in [-0.39, 0.29) is 11.3 Å². The van der Waals surface area contributed by atoms with Crippen LogP contribution in [0.3, 0.4) is 0 Å². The molecule has 0 unspecified atom stereocenters. The van der Waals surface area contributed by atoms with Gasteiger partial charge in [0.15, 0.2) is 0 Å². The fourth-order valence-electron chi connectivity index (χ4n) is 4.63. The highest BCUT2D eigenvalue weighted by Gasteiger charge is 2.47. The normalized spacial score (nSPS) is 17.1. The maximum Gasteiger partial charge on any atom is 0.295 e. The van der Waals surface area contributed by atoms with Gasteiger partial charge in [0, 0.05) is 18.7 Å². The Morgan fingerprint density at radius 1 is 1.03 bits per heavy atom. The first-order valence-electron chi connectivity index (χ1n) is 12.7. The zero-order valence-electron chi connectivity index (χ0n) is 21.9. The third kappa shape index (κ3) is 5.78. The number of benzene rings is 2. The van der Waals surface area contributed by atoms with Gasteiger partial charge in [-0.2, -0.15) is 0 Å². The lowest BCUT2D eigenvalue weighted by atomic mass is 9.99. The molecule has 0 aliphatic carbocycles. The Kier molecular flexibility index (Phi) is 8.14. The number of amides is 1. The molecule has 0 saturated carbocycles. The van der Waals surface area contributed by atoms with E-state index >= 15 is 0 Å². The van der Waals surface area contributed by atoms with Gasteiger partial charge in [-0.3, -0.25) is 9.59 Å². The van der Waals surface area contributed by atoms with E-state index < -0.39 is 17.7 Å². The molecule has 1 saturated heterocycles. The molecule has 0 bridgehead atoms. The van der Waals surface area contributed by atoms with Crippen LogP contribution in [0.1, 0.15) is 48.1 Å². The molecule has 7 nitrogen and oxygen atoms in total. The van der Waals surface area contributed by atoms with Gasteiger partial charge in [-0.1, -0.05) is 43.7 Å². The van der Waals surface area contributed by atoms with Gasteiger partial charge in [-0.05, 0) is 68.9 Å². The fraction of sp³-hybridized carbons (Fsp3) is 0.333. The number of likely N-dealkylation sites (tertiary alicyclic amines) is 1. The lowest BCUT2D eigenvalue weighted by Gasteiger charge is -2.26. The molecule has 1 amide bonds. The molecule has 1 aromatic heterocycles. The standard InChI is InChI=1S/C30H34N2O5/c1-5-31(6-2)16-17-32-27(25-15-10-21(4)37-25)26(29(34)30(32)35)28(33)23-11-13-24(14-12-23)36-19-22-9-7-8-20(3)18-22/h7-15,18,27,33H,5-6,16-17,19H2,1-4H3/b28-26+/t27-/m1/s1. The van der Waals surface area contributed by atoms with Crippen LogP contribution in [-0.2, 0) is 16.2 Å². The molecule has 7 heteroatoms. The Morgan fingerprint density at radius 3 is 2.38 bits per heavy atom. The minimum Gasteiger partial charge on any atom is -0.507 e. The Balaban J connectivity index is 1.61. The number of hydrogen-bond acceptors (Lipinski definition) is 6. The lowest BCUT2D eigenvalue weighted by Crippen LogP contribution is -2.37. The summed E-state index contributed by atoms with van der Waals surface area (Å²) in [6.07, 6.45) is 0. The second kappa shape index (κ2) is 11.5. The number of nitrogens with zero attached hydrogens (tertiary/aromatic N) is 2. The number of aliphatic hydroxyl groups is 1. The van der Waals surface area contributed by atoms with Crippen molar-refractivity contribution in [1.29, 1.82) is 0 Å². The van der Waals surface area contributed by atoms with Crippen LogP contribution >= 0.6 is 0 Å². The van der Waals surface area contributed by atoms with E-state index in [9.17, 15) is 14.7 Å². The van der Waals surface area contributed by atoms with Gasteiger partial charge in [0.25, 0.3) is 11.7 Å². The average molecular weight is 503 g/mol. The first-order valence-corrected chi connectivity index (χ1v) is 12.7. The molecule has 1 N–H and O–H groups in total. The van der Waals surface area contributed by atoms with Gasteiger partial charge >= 0.3 is 0 Å². The van der Waals surface area contributed by atoms with Gasteiger partial charge in [0.2, 0.25) is 0 Å². The first kappa shape index (κ1) is 26.2. The third-order valence-electron chi connectivity index (χ3n) is 6.74. The van der Waals surface area contributed by atoms with Gasteiger partial charge in [0.05, 0.1) is 5.57 Å². The smallest absolute Gasteiger partial charge is 0.295 e. The van der Waals surface area contributed by atoms with E-state index in [1.165, 1.54) is 4.90 Å². The number of carbonyl (C=O) groups excluding carboxylic acids is 2. The molecule has 2 aromatic carbocycles. The van der Waals surface area contributed by atoms with Gasteiger partial charge in [-0.15, -0.1) is 0 Å². The van der Waals surface area contributed by atoms with E-state index in [0.29, 0.717) is 42.5 Å². The van der Waals surface area contributed by atoms with Crippen molar-refractivity contribution < 1.29 is 23.8 Å². The number of aliphatic hydroxyl groups excluding tert-OH is 1. The molecular formula is C30H34N2O5. The third-order valence-corrected chi connectivity index (χ3v) is 6.74. The van der Waals surface area contributed by atoms with Crippen molar-refractivity contribution in [1.82, 2.24) is 9.80 Å². The summed E-state index contributed by atoms with van der Waals surface area (Å²) in [5.41, 5.74) is 2.69. The number of ether oxygens (including phenoxy) is 1. The Bertz CT molecular complexity index is 1290. The summed E-state index contributed by atoms with van der Waals surface area (Å²) < 4.78 is 11.7. The van der Waals surface area contributed by atoms with Crippen LogP contribution in [0.5, 0.6) is 5.75 Å². The Morgan fingerprint density at radius 2 is 1.76 bits per heavy atom. The highest BCUT2D eigenvalue weighted by molar-refractivity contribution is 6.46. The SMILES string of the molecule is CCN(CC)CCN1C(=O)C(=O)/C(=C(/O)c2ccc(OCc3cccc(C)c3)cc2)[C@H]1c1ccc(C)o1. The summed E-state index contributed by atoms with van der Waals surface area (Å²) in [4.78, 5) is 29.9. The van der Waals surface area contributed by atoms with Crippen molar-refractivity contribution in [3.8, 4) is 5.75 Å². The maximum atomic E-state index is 13.2.